The molecule has 26 heavy (non-hydrogen) atoms. The molecule has 4 rings (SSSR count). The number of aromatic nitrogens is 3. The van der Waals surface area contributed by atoms with E-state index in [9.17, 15) is 14.3 Å². The summed E-state index contributed by atoms with van der Waals surface area (Å²) in [5, 5.41) is 14.7. The van der Waals surface area contributed by atoms with E-state index in [4.69, 9.17) is 0 Å². The van der Waals surface area contributed by atoms with Crippen LogP contribution in [0, 0.1) is 12.7 Å². The van der Waals surface area contributed by atoms with Gasteiger partial charge in [-0.05, 0) is 49.4 Å². The highest BCUT2D eigenvalue weighted by molar-refractivity contribution is 6.04. The van der Waals surface area contributed by atoms with Crippen molar-refractivity contribution in [3.8, 4) is 16.9 Å². The minimum absolute atomic E-state index is 0.119. The molecule has 0 unspecified atom stereocenters. The molecule has 0 saturated heterocycles. The Hall–Kier alpha value is -3.54. The Bertz CT molecular complexity index is 1120. The second-order valence-electron chi connectivity index (χ2n) is 5.90. The molecule has 0 fully saturated rings. The number of carboxylic acids is 1. The van der Waals surface area contributed by atoms with Crippen molar-refractivity contribution in [3.05, 3.63) is 77.7 Å². The van der Waals surface area contributed by atoms with E-state index < -0.39 is 5.97 Å². The minimum atomic E-state index is -1.06. The number of aromatic carboxylic acids is 1. The first-order valence-electron chi connectivity index (χ1n) is 7.99. The molecule has 0 bridgehead atoms. The van der Waals surface area contributed by atoms with Crippen LogP contribution in [0.2, 0.25) is 0 Å². The van der Waals surface area contributed by atoms with Crippen LogP contribution in [0.4, 0.5) is 4.39 Å². The largest absolute Gasteiger partial charge is 0.478 e. The summed E-state index contributed by atoms with van der Waals surface area (Å²) in [4.78, 5) is 16.5. The molecule has 2 heterocycles. The maximum atomic E-state index is 13.2. The molecule has 1 N–H and O–H groups in total. The van der Waals surface area contributed by atoms with Gasteiger partial charge < -0.3 is 5.11 Å². The van der Waals surface area contributed by atoms with Gasteiger partial charge in [-0.3, -0.25) is 0 Å². The van der Waals surface area contributed by atoms with Crippen molar-refractivity contribution in [2.45, 2.75) is 6.92 Å². The van der Waals surface area contributed by atoms with Gasteiger partial charge in [-0.1, -0.05) is 18.2 Å². The molecule has 128 valence electrons. The molecular weight excluding hydrogens is 333 g/mol. The van der Waals surface area contributed by atoms with Crippen LogP contribution >= 0.6 is 0 Å². The molecule has 0 aliphatic rings. The van der Waals surface area contributed by atoms with Gasteiger partial charge in [0.2, 0.25) is 0 Å². The number of carboxylic acid groups (broad SMARTS) is 1. The molecule has 6 heteroatoms. The first-order chi connectivity index (χ1) is 12.5. The molecule has 0 atom stereocenters. The lowest BCUT2D eigenvalue weighted by atomic mass is 10.1. The zero-order valence-electron chi connectivity index (χ0n) is 13.8. The van der Waals surface area contributed by atoms with Crippen molar-refractivity contribution < 1.29 is 14.3 Å². The summed E-state index contributed by atoms with van der Waals surface area (Å²) in [5.41, 5.74) is 3.02. The molecule has 2 aromatic carbocycles. The Morgan fingerprint density at radius 2 is 1.77 bits per heavy atom. The molecule has 0 amide bonds. The first kappa shape index (κ1) is 16.0. The lowest BCUT2D eigenvalue weighted by Crippen LogP contribution is -2.02. The lowest BCUT2D eigenvalue weighted by Gasteiger charge is -2.07. The zero-order chi connectivity index (χ0) is 18.3. The SMILES string of the molecule is Cc1nn(-c2ccccc2)c2nc(-c3ccc(F)cc3)cc(C(=O)O)c12. The van der Waals surface area contributed by atoms with Crippen molar-refractivity contribution >= 4 is 17.0 Å². The summed E-state index contributed by atoms with van der Waals surface area (Å²) in [5.74, 6) is -1.42. The van der Waals surface area contributed by atoms with Gasteiger partial charge in [0.25, 0.3) is 0 Å². The molecule has 2 aromatic heterocycles. The Morgan fingerprint density at radius 1 is 1.08 bits per heavy atom. The Morgan fingerprint density at radius 3 is 2.42 bits per heavy atom. The number of nitrogens with zero attached hydrogens (tertiary/aromatic N) is 3. The molecule has 0 aliphatic heterocycles. The van der Waals surface area contributed by atoms with Gasteiger partial charge in [-0.15, -0.1) is 0 Å². The third-order valence-electron chi connectivity index (χ3n) is 4.18. The number of aryl methyl sites for hydroxylation is 1. The molecule has 0 aliphatic carbocycles. The van der Waals surface area contributed by atoms with E-state index in [2.05, 4.69) is 10.1 Å². The number of fused-ring (bicyclic) bond motifs is 1. The molecule has 4 aromatic rings. The van der Waals surface area contributed by atoms with Crippen LogP contribution < -0.4 is 0 Å². The van der Waals surface area contributed by atoms with Crippen LogP contribution in [0.15, 0.2) is 60.7 Å². The predicted molar refractivity (Wildman–Crippen MR) is 96.0 cm³/mol. The lowest BCUT2D eigenvalue weighted by molar-refractivity contribution is 0.0699. The van der Waals surface area contributed by atoms with E-state index in [0.717, 1.165) is 5.69 Å². The number of benzene rings is 2. The summed E-state index contributed by atoms with van der Waals surface area (Å²) in [7, 11) is 0. The van der Waals surface area contributed by atoms with Crippen molar-refractivity contribution in [3.63, 3.8) is 0 Å². The van der Waals surface area contributed by atoms with Crippen LogP contribution in [0.5, 0.6) is 0 Å². The van der Waals surface area contributed by atoms with Crippen LogP contribution in [-0.2, 0) is 0 Å². The van der Waals surface area contributed by atoms with Gasteiger partial charge in [-0.25, -0.2) is 18.9 Å². The Kier molecular flexibility index (Phi) is 3.73. The van der Waals surface area contributed by atoms with E-state index in [1.165, 1.54) is 18.2 Å². The summed E-state index contributed by atoms with van der Waals surface area (Å²) >= 11 is 0. The number of pyridine rings is 1. The molecular formula is C20H14FN3O2. The highest BCUT2D eigenvalue weighted by Crippen LogP contribution is 2.28. The van der Waals surface area contributed by atoms with Crippen LogP contribution in [0.25, 0.3) is 28.0 Å². The number of carbonyl (C=O) groups is 1. The van der Waals surface area contributed by atoms with Crippen molar-refractivity contribution in [2.24, 2.45) is 0 Å². The Balaban J connectivity index is 2.04. The van der Waals surface area contributed by atoms with E-state index in [0.29, 0.717) is 28.0 Å². The number of halogens is 1. The fraction of sp³-hybridized carbons (Fsp3) is 0.0500. The standard InChI is InChI=1S/C20H14FN3O2/c1-12-18-16(20(25)26)11-17(13-7-9-14(21)10-8-13)22-19(18)24(23-12)15-5-3-2-4-6-15/h2-11H,1H3,(H,25,26). The second kappa shape index (κ2) is 6.07. The summed E-state index contributed by atoms with van der Waals surface area (Å²) in [6.07, 6.45) is 0. The van der Waals surface area contributed by atoms with Gasteiger partial charge in [-0.2, -0.15) is 5.10 Å². The second-order valence-corrected chi connectivity index (χ2v) is 5.90. The first-order valence-corrected chi connectivity index (χ1v) is 7.99. The van der Waals surface area contributed by atoms with E-state index in [1.54, 1.807) is 23.7 Å². The summed E-state index contributed by atoms with van der Waals surface area (Å²) < 4.78 is 14.9. The Labute approximate surface area is 148 Å². The fourth-order valence-corrected chi connectivity index (χ4v) is 2.98. The number of hydrogen-bond acceptors (Lipinski definition) is 3. The van der Waals surface area contributed by atoms with Crippen molar-refractivity contribution in [2.75, 3.05) is 0 Å². The van der Waals surface area contributed by atoms with Crippen LogP contribution in [0.3, 0.4) is 0 Å². The summed E-state index contributed by atoms with van der Waals surface area (Å²) in [6, 6.07) is 16.7. The maximum Gasteiger partial charge on any atom is 0.336 e. The highest BCUT2D eigenvalue weighted by Gasteiger charge is 2.20. The fourth-order valence-electron chi connectivity index (χ4n) is 2.98. The molecule has 0 spiro atoms. The number of hydrogen-bond donors (Lipinski definition) is 1. The topological polar surface area (TPSA) is 68.0 Å². The molecule has 0 radical (unpaired) electrons. The van der Waals surface area contributed by atoms with Crippen molar-refractivity contribution in [1.29, 1.82) is 0 Å². The molecule has 5 nitrogen and oxygen atoms in total. The number of para-hydroxylation sites is 1. The predicted octanol–water partition coefficient (Wildman–Crippen LogP) is 4.23. The van der Waals surface area contributed by atoms with Crippen LogP contribution in [-0.4, -0.2) is 25.8 Å². The number of rotatable bonds is 3. The smallest absolute Gasteiger partial charge is 0.336 e. The van der Waals surface area contributed by atoms with Gasteiger partial charge >= 0.3 is 5.97 Å². The van der Waals surface area contributed by atoms with E-state index in [1.807, 2.05) is 30.3 Å². The highest BCUT2D eigenvalue weighted by atomic mass is 19.1. The monoisotopic (exact) mass is 347 g/mol. The maximum absolute atomic E-state index is 13.2. The zero-order valence-corrected chi connectivity index (χ0v) is 13.8. The van der Waals surface area contributed by atoms with Crippen molar-refractivity contribution in [1.82, 2.24) is 14.8 Å². The molecule has 0 saturated carbocycles. The quantitative estimate of drug-likeness (QED) is 0.602. The third-order valence-corrected chi connectivity index (χ3v) is 4.18. The van der Waals surface area contributed by atoms with Gasteiger partial charge in [0.1, 0.15) is 5.82 Å². The average molecular weight is 347 g/mol. The minimum Gasteiger partial charge on any atom is -0.478 e. The van der Waals surface area contributed by atoms with E-state index >= 15 is 0 Å². The van der Waals surface area contributed by atoms with Gasteiger partial charge in [0.15, 0.2) is 5.65 Å². The normalized spacial score (nSPS) is 11.0. The van der Waals surface area contributed by atoms with E-state index in [-0.39, 0.29) is 11.4 Å². The van der Waals surface area contributed by atoms with Crippen LogP contribution in [0.1, 0.15) is 16.1 Å². The summed E-state index contributed by atoms with van der Waals surface area (Å²) in [6.45, 7) is 1.76. The van der Waals surface area contributed by atoms with Gasteiger partial charge in [0, 0.05) is 5.56 Å². The average Bonchev–Trinajstić information content (AvgIpc) is 2.99. The third kappa shape index (κ3) is 2.61. The van der Waals surface area contributed by atoms with Gasteiger partial charge in [0.05, 0.1) is 28.0 Å².